The molecule has 0 aliphatic heterocycles. The van der Waals surface area contributed by atoms with Gasteiger partial charge in [0.2, 0.25) is 0 Å². The van der Waals surface area contributed by atoms with E-state index in [0.717, 1.165) is 16.0 Å². The number of hydrogen-bond acceptors (Lipinski definition) is 5. The van der Waals surface area contributed by atoms with Gasteiger partial charge in [0.1, 0.15) is 10.8 Å². The molecule has 0 fully saturated rings. The van der Waals surface area contributed by atoms with Gasteiger partial charge in [-0.15, -0.1) is 11.3 Å². The second kappa shape index (κ2) is 7.63. The van der Waals surface area contributed by atoms with Gasteiger partial charge in [-0.2, -0.15) is 5.10 Å². The van der Waals surface area contributed by atoms with Gasteiger partial charge in [-0.1, -0.05) is 30.3 Å². The lowest BCUT2D eigenvalue weighted by molar-refractivity contribution is -0.118. The Hall–Kier alpha value is -3.26. The first-order valence-corrected chi connectivity index (χ1v) is 10.1. The van der Waals surface area contributed by atoms with Crippen LogP contribution in [0.1, 0.15) is 48.8 Å². The number of nitrogens with two attached hydrogens (primary N) is 1. The summed E-state index contributed by atoms with van der Waals surface area (Å²) in [4.78, 5) is 37.4. The fourth-order valence-electron chi connectivity index (χ4n) is 3.56. The van der Waals surface area contributed by atoms with Gasteiger partial charge in [-0.3, -0.25) is 19.1 Å². The molecule has 2 aromatic heterocycles. The second-order valence-corrected chi connectivity index (χ2v) is 8.16. The molecule has 2 heterocycles. The van der Waals surface area contributed by atoms with E-state index in [1.807, 2.05) is 30.3 Å². The van der Waals surface area contributed by atoms with E-state index in [4.69, 9.17) is 5.73 Å². The van der Waals surface area contributed by atoms with Crippen molar-refractivity contribution in [2.24, 2.45) is 5.73 Å². The molecule has 1 aliphatic rings. The van der Waals surface area contributed by atoms with Gasteiger partial charge < -0.3 is 11.1 Å². The van der Waals surface area contributed by atoms with E-state index >= 15 is 0 Å². The van der Waals surface area contributed by atoms with E-state index in [-0.39, 0.29) is 18.1 Å². The SMILES string of the molecule is Cc1nn(Cc2ccccc2)cc1C(=O)Nc1sc2c(c1C(N)=O)CCC(=O)C2. The van der Waals surface area contributed by atoms with Crippen LogP contribution in [0.3, 0.4) is 0 Å². The van der Waals surface area contributed by atoms with Crippen LogP contribution in [0.25, 0.3) is 0 Å². The van der Waals surface area contributed by atoms with Crippen molar-refractivity contribution < 1.29 is 14.4 Å². The maximum atomic E-state index is 12.9. The molecule has 2 amide bonds. The third-order valence-electron chi connectivity index (χ3n) is 4.95. The first-order valence-electron chi connectivity index (χ1n) is 9.27. The zero-order chi connectivity index (χ0) is 20.5. The molecule has 3 N–H and O–H groups in total. The van der Waals surface area contributed by atoms with Crippen molar-refractivity contribution in [3.63, 3.8) is 0 Å². The van der Waals surface area contributed by atoms with Gasteiger partial charge >= 0.3 is 0 Å². The number of carbonyl (C=O) groups excluding carboxylic acids is 3. The average Bonchev–Trinajstić information content (AvgIpc) is 3.21. The van der Waals surface area contributed by atoms with Crippen molar-refractivity contribution in [1.29, 1.82) is 0 Å². The highest BCUT2D eigenvalue weighted by molar-refractivity contribution is 7.17. The first-order chi connectivity index (χ1) is 13.9. The summed E-state index contributed by atoms with van der Waals surface area (Å²) in [6, 6.07) is 9.84. The van der Waals surface area contributed by atoms with E-state index in [9.17, 15) is 14.4 Å². The molecule has 0 bridgehead atoms. The third-order valence-corrected chi connectivity index (χ3v) is 6.10. The minimum Gasteiger partial charge on any atom is -0.365 e. The fraction of sp³-hybridized carbons (Fsp3) is 0.238. The van der Waals surface area contributed by atoms with Crippen LogP contribution in [0.2, 0.25) is 0 Å². The number of ketones is 1. The number of Topliss-reactive ketones (excluding diaryl/α,β-unsaturated/α-hetero) is 1. The summed E-state index contributed by atoms with van der Waals surface area (Å²) in [6.07, 6.45) is 2.85. The minimum atomic E-state index is -0.594. The van der Waals surface area contributed by atoms with Crippen LogP contribution in [0.15, 0.2) is 36.5 Å². The van der Waals surface area contributed by atoms with Crippen LogP contribution in [0.5, 0.6) is 0 Å². The van der Waals surface area contributed by atoms with Crippen LogP contribution < -0.4 is 11.1 Å². The smallest absolute Gasteiger partial charge is 0.259 e. The quantitative estimate of drug-likeness (QED) is 0.677. The van der Waals surface area contributed by atoms with E-state index in [2.05, 4.69) is 10.4 Å². The molecule has 4 rings (SSSR count). The first kappa shape index (κ1) is 19.1. The Morgan fingerprint density at radius 3 is 2.72 bits per heavy atom. The number of hydrogen-bond donors (Lipinski definition) is 2. The number of anilines is 1. The van der Waals surface area contributed by atoms with Gasteiger partial charge in [-0.25, -0.2) is 0 Å². The molecule has 0 atom stereocenters. The van der Waals surface area contributed by atoms with Crippen molar-refractivity contribution in [3.8, 4) is 0 Å². The van der Waals surface area contributed by atoms with Gasteiger partial charge in [0.05, 0.1) is 23.4 Å². The summed E-state index contributed by atoms with van der Waals surface area (Å²) in [5.41, 5.74) is 8.77. The monoisotopic (exact) mass is 408 g/mol. The Morgan fingerprint density at radius 2 is 2.00 bits per heavy atom. The maximum Gasteiger partial charge on any atom is 0.259 e. The van der Waals surface area contributed by atoms with Crippen LogP contribution >= 0.6 is 11.3 Å². The van der Waals surface area contributed by atoms with Crippen molar-refractivity contribution in [2.75, 3.05) is 5.32 Å². The van der Waals surface area contributed by atoms with E-state index in [0.29, 0.717) is 41.2 Å². The molecule has 0 unspecified atom stereocenters. The maximum absolute atomic E-state index is 12.9. The highest BCUT2D eigenvalue weighted by atomic mass is 32.1. The van der Waals surface area contributed by atoms with Crippen molar-refractivity contribution in [2.45, 2.75) is 32.7 Å². The third kappa shape index (κ3) is 3.84. The van der Waals surface area contributed by atoms with E-state index in [1.54, 1.807) is 17.8 Å². The summed E-state index contributed by atoms with van der Waals surface area (Å²) >= 11 is 1.25. The molecule has 0 spiro atoms. The van der Waals surface area contributed by atoms with Crippen molar-refractivity contribution >= 4 is 33.9 Å². The van der Waals surface area contributed by atoms with Crippen LogP contribution in [0, 0.1) is 6.92 Å². The molecule has 3 aromatic rings. The molecule has 0 saturated carbocycles. The number of fused-ring (bicyclic) bond motifs is 1. The zero-order valence-corrected chi connectivity index (χ0v) is 16.7. The lowest BCUT2D eigenvalue weighted by atomic mass is 9.94. The number of thiophene rings is 1. The number of carbonyl (C=O) groups is 3. The molecule has 1 aliphatic carbocycles. The Morgan fingerprint density at radius 1 is 1.24 bits per heavy atom. The summed E-state index contributed by atoms with van der Waals surface area (Å²) in [7, 11) is 0. The van der Waals surface area contributed by atoms with Crippen molar-refractivity contribution in [3.05, 3.63) is 69.4 Å². The van der Waals surface area contributed by atoms with E-state index < -0.39 is 5.91 Å². The average molecular weight is 408 g/mol. The summed E-state index contributed by atoms with van der Waals surface area (Å²) in [6.45, 7) is 2.32. The molecule has 8 heteroatoms. The highest BCUT2D eigenvalue weighted by Crippen LogP contribution is 2.37. The van der Waals surface area contributed by atoms with Gasteiger partial charge in [-0.05, 0) is 24.5 Å². The molecule has 1 aromatic carbocycles. The molecule has 148 valence electrons. The highest BCUT2D eigenvalue weighted by Gasteiger charge is 2.28. The van der Waals surface area contributed by atoms with E-state index in [1.165, 1.54) is 11.3 Å². The summed E-state index contributed by atoms with van der Waals surface area (Å²) < 4.78 is 1.71. The molecule has 7 nitrogen and oxygen atoms in total. The lowest BCUT2D eigenvalue weighted by Gasteiger charge is -2.10. The van der Waals surface area contributed by atoms with Crippen LogP contribution in [-0.2, 0) is 24.2 Å². The zero-order valence-electron chi connectivity index (χ0n) is 15.9. The second-order valence-electron chi connectivity index (χ2n) is 7.05. The van der Waals surface area contributed by atoms with Crippen LogP contribution in [-0.4, -0.2) is 27.4 Å². The number of aryl methyl sites for hydroxylation is 1. The number of amides is 2. The largest absolute Gasteiger partial charge is 0.365 e. The predicted octanol–water partition coefficient (Wildman–Crippen LogP) is 2.71. The number of rotatable bonds is 5. The minimum absolute atomic E-state index is 0.130. The Balaban J connectivity index is 1.59. The molecular formula is C21H20N4O3S. The normalized spacial score (nSPS) is 13.2. The fourth-order valence-corrected chi connectivity index (χ4v) is 4.84. The van der Waals surface area contributed by atoms with Crippen LogP contribution in [0.4, 0.5) is 5.00 Å². The lowest BCUT2D eigenvalue weighted by Crippen LogP contribution is -2.20. The number of benzene rings is 1. The Kier molecular flexibility index (Phi) is 5.02. The van der Waals surface area contributed by atoms with Crippen molar-refractivity contribution in [1.82, 2.24) is 9.78 Å². The Labute approximate surface area is 171 Å². The molecular weight excluding hydrogens is 388 g/mol. The molecule has 0 radical (unpaired) electrons. The number of nitrogens with zero attached hydrogens (tertiary/aromatic N) is 2. The standard InChI is InChI=1S/C21H20N4O3S/c1-12-16(11-25(24-12)10-13-5-3-2-4-6-13)20(28)23-21-18(19(22)27)15-8-7-14(26)9-17(15)29-21/h2-6,11H,7-10H2,1H3,(H2,22,27)(H,23,28). The molecule has 29 heavy (non-hydrogen) atoms. The summed E-state index contributed by atoms with van der Waals surface area (Å²) in [5.74, 6) is -0.816. The Bertz CT molecular complexity index is 1110. The topological polar surface area (TPSA) is 107 Å². The molecule has 0 saturated heterocycles. The number of nitrogens with one attached hydrogen (secondary N) is 1. The number of primary amides is 1. The van der Waals surface area contributed by atoms with Gasteiger partial charge in [0.15, 0.2) is 0 Å². The number of aromatic nitrogens is 2. The van der Waals surface area contributed by atoms with Gasteiger partial charge in [0.25, 0.3) is 11.8 Å². The predicted molar refractivity (Wildman–Crippen MR) is 110 cm³/mol. The van der Waals surface area contributed by atoms with Gasteiger partial charge in [0, 0.05) is 23.9 Å². The summed E-state index contributed by atoms with van der Waals surface area (Å²) in [5, 5.41) is 7.64.